The zero-order chi connectivity index (χ0) is 15.6. The van der Waals surface area contributed by atoms with Gasteiger partial charge in [-0.25, -0.2) is 9.97 Å². The van der Waals surface area contributed by atoms with E-state index in [1.165, 1.54) is 24.6 Å². The number of aromatic amines is 1. The standard InChI is InChI=1S/C19H20N4/c1-2-3-6-10-23-11-9-15-18(20-13-21-19(15)23)17-12-14-7-4-5-8-16(14)22-17/h4-5,7-9,11-13,22H,2-3,6,10H2,1H3. The summed E-state index contributed by atoms with van der Waals surface area (Å²) in [6.07, 6.45) is 7.46. The van der Waals surface area contributed by atoms with E-state index in [2.05, 4.69) is 63.0 Å². The number of H-pyrrole nitrogens is 1. The zero-order valence-electron chi connectivity index (χ0n) is 13.3. The lowest BCUT2D eigenvalue weighted by Gasteiger charge is -2.05. The smallest absolute Gasteiger partial charge is 0.143 e. The number of nitrogens with zero attached hydrogens (tertiary/aromatic N) is 3. The molecule has 116 valence electrons. The van der Waals surface area contributed by atoms with Crippen LogP contribution >= 0.6 is 0 Å². The van der Waals surface area contributed by atoms with Crippen LogP contribution in [0.4, 0.5) is 0 Å². The van der Waals surface area contributed by atoms with Crippen molar-refractivity contribution in [2.24, 2.45) is 0 Å². The molecule has 0 aliphatic rings. The summed E-state index contributed by atoms with van der Waals surface area (Å²) in [5.74, 6) is 0. The summed E-state index contributed by atoms with van der Waals surface area (Å²) in [4.78, 5) is 12.5. The Labute approximate surface area is 135 Å². The monoisotopic (exact) mass is 304 g/mol. The van der Waals surface area contributed by atoms with Crippen LogP contribution in [0.3, 0.4) is 0 Å². The fraction of sp³-hybridized carbons (Fsp3) is 0.263. The first-order chi connectivity index (χ1) is 11.4. The number of rotatable bonds is 5. The number of hydrogen-bond acceptors (Lipinski definition) is 2. The summed E-state index contributed by atoms with van der Waals surface area (Å²) in [5.41, 5.74) is 4.17. The van der Waals surface area contributed by atoms with Gasteiger partial charge in [-0.3, -0.25) is 0 Å². The molecule has 4 aromatic rings. The van der Waals surface area contributed by atoms with Crippen LogP contribution in [0.1, 0.15) is 26.2 Å². The fourth-order valence-electron chi connectivity index (χ4n) is 3.13. The van der Waals surface area contributed by atoms with Crippen LogP contribution in [-0.2, 0) is 6.54 Å². The number of fused-ring (bicyclic) bond motifs is 2. The van der Waals surface area contributed by atoms with Crippen molar-refractivity contribution in [3.8, 4) is 11.4 Å². The van der Waals surface area contributed by atoms with Gasteiger partial charge in [0, 0.05) is 29.0 Å². The van der Waals surface area contributed by atoms with Gasteiger partial charge in [0.15, 0.2) is 0 Å². The van der Waals surface area contributed by atoms with Crippen molar-refractivity contribution in [1.82, 2.24) is 19.5 Å². The minimum Gasteiger partial charge on any atom is -0.353 e. The van der Waals surface area contributed by atoms with Gasteiger partial charge in [0.1, 0.15) is 12.0 Å². The number of hydrogen-bond donors (Lipinski definition) is 1. The third-order valence-corrected chi connectivity index (χ3v) is 4.34. The molecule has 0 atom stereocenters. The first kappa shape index (κ1) is 14.0. The van der Waals surface area contributed by atoms with Crippen molar-refractivity contribution in [2.45, 2.75) is 32.7 Å². The lowest BCUT2D eigenvalue weighted by Crippen LogP contribution is -1.98. The van der Waals surface area contributed by atoms with Crippen LogP contribution < -0.4 is 0 Å². The highest BCUT2D eigenvalue weighted by molar-refractivity contribution is 5.94. The molecule has 4 heteroatoms. The molecule has 0 radical (unpaired) electrons. The molecule has 0 saturated heterocycles. The molecule has 0 aliphatic heterocycles. The third kappa shape index (κ3) is 2.50. The highest BCUT2D eigenvalue weighted by Gasteiger charge is 2.12. The lowest BCUT2D eigenvalue weighted by atomic mass is 10.2. The molecule has 0 saturated carbocycles. The van der Waals surface area contributed by atoms with E-state index in [4.69, 9.17) is 0 Å². The molecule has 0 bridgehead atoms. The lowest BCUT2D eigenvalue weighted by molar-refractivity contribution is 0.613. The van der Waals surface area contributed by atoms with E-state index >= 15 is 0 Å². The highest BCUT2D eigenvalue weighted by Crippen LogP contribution is 2.28. The van der Waals surface area contributed by atoms with Crippen molar-refractivity contribution in [2.75, 3.05) is 0 Å². The highest BCUT2D eigenvalue weighted by atomic mass is 15.0. The Morgan fingerprint density at radius 3 is 2.87 bits per heavy atom. The Morgan fingerprint density at radius 1 is 1.09 bits per heavy atom. The van der Waals surface area contributed by atoms with E-state index < -0.39 is 0 Å². The minimum absolute atomic E-state index is 0.973. The molecule has 3 heterocycles. The van der Waals surface area contributed by atoms with Crippen LogP contribution in [0.5, 0.6) is 0 Å². The van der Waals surface area contributed by atoms with E-state index in [9.17, 15) is 0 Å². The van der Waals surface area contributed by atoms with Gasteiger partial charge < -0.3 is 9.55 Å². The van der Waals surface area contributed by atoms with Crippen LogP contribution in [0, 0.1) is 0 Å². The summed E-state index contributed by atoms with van der Waals surface area (Å²) in [7, 11) is 0. The SMILES string of the molecule is CCCCCn1ccc2c(-c3cc4ccccc4[nH]3)ncnc21. The van der Waals surface area contributed by atoms with Crippen molar-refractivity contribution in [3.05, 3.63) is 48.9 Å². The van der Waals surface area contributed by atoms with E-state index in [0.29, 0.717) is 0 Å². The molecule has 3 aromatic heterocycles. The molecule has 0 fully saturated rings. The molecule has 4 nitrogen and oxygen atoms in total. The Balaban J connectivity index is 1.78. The largest absolute Gasteiger partial charge is 0.353 e. The molecular formula is C19H20N4. The second-order valence-electron chi connectivity index (χ2n) is 5.95. The number of para-hydroxylation sites is 1. The number of benzene rings is 1. The van der Waals surface area contributed by atoms with Crippen LogP contribution in [0.15, 0.2) is 48.9 Å². The molecule has 0 aliphatic carbocycles. The Hall–Kier alpha value is -2.62. The van der Waals surface area contributed by atoms with Gasteiger partial charge in [0.05, 0.1) is 11.4 Å². The summed E-state index contributed by atoms with van der Waals surface area (Å²) in [5, 5.41) is 2.31. The molecular weight excluding hydrogens is 284 g/mol. The molecule has 0 amide bonds. The van der Waals surface area contributed by atoms with E-state index in [1.807, 2.05) is 6.07 Å². The van der Waals surface area contributed by atoms with Crippen molar-refractivity contribution >= 4 is 21.9 Å². The number of aromatic nitrogens is 4. The number of nitrogens with one attached hydrogen (secondary N) is 1. The molecule has 0 unspecified atom stereocenters. The van der Waals surface area contributed by atoms with E-state index in [1.54, 1.807) is 6.33 Å². The maximum absolute atomic E-state index is 4.53. The zero-order valence-corrected chi connectivity index (χ0v) is 13.3. The fourth-order valence-corrected chi connectivity index (χ4v) is 3.13. The van der Waals surface area contributed by atoms with Crippen molar-refractivity contribution < 1.29 is 0 Å². The van der Waals surface area contributed by atoms with Crippen molar-refractivity contribution in [1.29, 1.82) is 0 Å². The second-order valence-corrected chi connectivity index (χ2v) is 5.95. The maximum atomic E-state index is 4.53. The Kier molecular flexibility index (Phi) is 3.58. The first-order valence-corrected chi connectivity index (χ1v) is 8.25. The molecule has 23 heavy (non-hydrogen) atoms. The van der Waals surface area contributed by atoms with Crippen LogP contribution in [0.25, 0.3) is 33.3 Å². The first-order valence-electron chi connectivity index (χ1n) is 8.25. The average molecular weight is 304 g/mol. The number of aryl methyl sites for hydroxylation is 1. The summed E-state index contributed by atoms with van der Waals surface area (Å²) in [6, 6.07) is 12.6. The van der Waals surface area contributed by atoms with E-state index in [-0.39, 0.29) is 0 Å². The van der Waals surface area contributed by atoms with Gasteiger partial charge in [0.2, 0.25) is 0 Å². The third-order valence-electron chi connectivity index (χ3n) is 4.34. The topological polar surface area (TPSA) is 46.5 Å². The van der Waals surface area contributed by atoms with Gasteiger partial charge in [0.25, 0.3) is 0 Å². The molecule has 1 N–H and O–H groups in total. The van der Waals surface area contributed by atoms with Crippen LogP contribution in [-0.4, -0.2) is 19.5 Å². The average Bonchev–Trinajstić information content (AvgIpc) is 3.19. The van der Waals surface area contributed by atoms with Gasteiger partial charge in [-0.1, -0.05) is 38.0 Å². The minimum atomic E-state index is 0.973. The summed E-state index contributed by atoms with van der Waals surface area (Å²) >= 11 is 0. The number of unbranched alkanes of at least 4 members (excludes halogenated alkanes) is 2. The second kappa shape index (κ2) is 5.88. The molecule has 1 aromatic carbocycles. The van der Waals surface area contributed by atoms with Gasteiger partial charge in [-0.2, -0.15) is 0 Å². The van der Waals surface area contributed by atoms with Crippen LogP contribution in [0.2, 0.25) is 0 Å². The summed E-state index contributed by atoms with van der Waals surface area (Å²) in [6.45, 7) is 3.24. The quantitative estimate of drug-likeness (QED) is 0.540. The Bertz CT molecular complexity index is 915. The van der Waals surface area contributed by atoms with Gasteiger partial charge >= 0.3 is 0 Å². The predicted molar refractivity (Wildman–Crippen MR) is 94.3 cm³/mol. The Morgan fingerprint density at radius 2 is 2.00 bits per heavy atom. The molecule has 0 spiro atoms. The predicted octanol–water partition coefficient (Wildman–Crippen LogP) is 4.77. The summed E-state index contributed by atoms with van der Waals surface area (Å²) < 4.78 is 2.23. The van der Waals surface area contributed by atoms with Gasteiger partial charge in [-0.15, -0.1) is 0 Å². The van der Waals surface area contributed by atoms with E-state index in [0.717, 1.165) is 34.5 Å². The maximum Gasteiger partial charge on any atom is 0.143 e. The normalized spacial score (nSPS) is 11.5. The van der Waals surface area contributed by atoms with Gasteiger partial charge in [-0.05, 0) is 24.6 Å². The molecule has 4 rings (SSSR count). The van der Waals surface area contributed by atoms with Crippen molar-refractivity contribution in [3.63, 3.8) is 0 Å².